The number of hydrogen-bond acceptors (Lipinski definition) is 5. The van der Waals surface area contributed by atoms with Crippen molar-refractivity contribution in [2.24, 2.45) is 0 Å². The van der Waals surface area contributed by atoms with Crippen LogP contribution >= 0.6 is 46.6 Å². The molecule has 5 nitrogen and oxygen atoms in total. The molecule has 30 heavy (non-hydrogen) atoms. The number of imidazole rings is 1. The Balaban J connectivity index is 1.55. The maximum atomic E-state index is 10.1. The van der Waals surface area contributed by atoms with E-state index in [0.29, 0.717) is 40.6 Å². The van der Waals surface area contributed by atoms with Crippen molar-refractivity contribution in [3.63, 3.8) is 0 Å². The Hall–Kier alpha value is -1.57. The number of nitrogens with zero attached hydrogens (tertiary/aromatic N) is 2. The second-order valence-electron chi connectivity index (χ2n) is 6.40. The van der Waals surface area contributed by atoms with Crippen LogP contribution in [0.4, 0.5) is 0 Å². The molecule has 3 rings (SSSR count). The van der Waals surface area contributed by atoms with Crippen LogP contribution < -0.4 is 9.47 Å². The molecule has 0 spiro atoms. The molecule has 160 valence electrons. The average Bonchev–Trinajstić information content (AvgIpc) is 3.22. The lowest BCUT2D eigenvalue weighted by Gasteiger charge is -2.14. The number of halogens is 3. The summed E-state index contributed by atoms with van der Waals surface area (Å²) in [5.74, 6) is 1.71. The molecule has 0 aliphatic carbocycles. The Morgan fingerprint density at radius 3 is 2.27 bits per heavy atom. The van der Waals surface area contributed by atoms with Gasteiger partial charge in [0.05, 0.1) is 29.5 Å². The highest BCUT2D eigenvalue weighted by atomic mass is 35.5. The molecule has 3 aromatic rings. The minimum atomic E-state index is -0.670. The fourth-order valence-corrected chi connectivity index (χ4v) is 4.18. The second-order valence-corrected chi connectivity index (χ2v) is 8.74. The van der Waals surface area contributed by atoms with Crippen LogP contribution in [-0.2, 0) is 6.54 Å². The van der Waals surface area contributed by atoms with E-state index in [1.54, 1.807) is 29.4 Å². The Kier molecular flexibility index (Phi) is 9.03. The third kappa shape index (κ3) is 7.00. The van der Waals surface area contributed by atoms with Crippen molar-refractivity contribution in [3.8, 4) is 11.5 Å². The van der Waals surface area contributed by atoms with Crippen LogP contribution in [0.2, 0.25) is 10.0 Å². The van der Waals surface area contributed by atoms with Gasteiger partial charge < -0.3 is 19.1 Å². The molecular weight excluding hydrogens is 467 g/mol. The molecule has 0 aliphatic heterocycles. The van der Waals surface area contributed by atoms with Gasteiger partial charge in [-0.25, -0.2) is 4.98 Å². The fraction of sp³-hybridized carbons (Fsp3) is 0.286. The van der Waals surface area contributed by atoms with Crippen molar-refractivity contribution in [1.82, 2.24) is 9.55 Å². The molecule has 1 heterocycles. The average molecular weight is 488 g/mol. The molecule has 1 unspecified atom stereocenters. The van der Waals surface area contributed by atoms with E-state index in [2.05, 4.69) is 4.98 Å². The van der Waals surface area contributed by atoms with Crippen LogP contribution in [0.25, 0.3) is 0 Å². The van der Waals surface area contributed by atoms with E-state index in [9.17, 15) is 5.11 Å². The van der Waals surface area contributed by atoms with Crippen molar-refractivity contribution in [3.05, 3.63) is 65.2 Å². The lowest BCUT2D eigenvalue weighted by atomic mass is 10.3. The first-order chi connectivity index (χ1) is 14.5. The SMILES string of the molecule is OC(COc1ccc(Sc2ccc(OCCCCl)c(Cl)c2)cc1Cl)Cn1ccnc1. The smallest absolute Gasteiger partial charge is 0.138 e. The van der Waals surface area contributed by atoms with Crippen LogP contribution in [0.1, 0.15) is 6.42 Å². The molecule has 1 atom stereocenters. The number of rotatable bonds is 11. The van der Waals surface area contributed by atoms with Gasteiger partial charge in [0.25, 0.3) is 0 Å². The molecule has 1 N–H and O–H groups in total. The molecule has 9 heteroatoms. The molecular formula is C21H21Cl3N2O3S. The lowest BCUT2D eigenvalue weighted by molar-refractivity contribution is 0.0925. The summed E-state index contributed by atoms with van der Waals surface area (Å²) in [6, 6.07) is 11.2. The summed E-state index contributed by atoms with van der Waals surface area (Å²) in [6.07, 6.45) is 5.19. The van der Waals surface area contributed by atoms with Gasteiger partial charge in [-0.1, -0.05) is 35.0 Å². The molecule has 1 aromatic heterocycles. The molecule has 0 saturated carbocycles. The zero-order valence-corrected chi connectivity index (χ0v) is 19.1. The summed E-state index contributed by atoms with van der Waals surface area (Å²) in [4.78, 5) is 5.85. The number of hydrogen-bond donors (Lipinski definition) is 1. The lowest BCUT2D eigenvalue weighted by Crippen LogP contribution is -2.23. The van der Waals surface area contributed by atoms with Gasteiger partial charge in [-0.05, 0) is 42.8 Å². The van der Waals surface area contributed by atoms with Gasteiger partial charge in [0, 0.05) is 28.1 Å². The van der Waals surface area contributed by atoms with Crippen LogP contribution in [-0.4, -0.2) is 39.9 Å². The molecule has 0 amide bonds. The number of aliphatic hydroxyl groups excluding tert-OH is 1. The van der Waals surface area contributed by atoms with E-state index < -0.39 is 6.10 Å². The minimum absolute atomic E-state index is 0.130. The van der Waals surface area contributed by atoms with Gasteiger partial charge in [0.1, 0.15) is 24.2 Å². The van der Waals surface area contributed by atoms with Gasteiger partial charge in [0.15, 0.2) is 0 Å². The van der Waals surface area contributed by atoms with Crippen LogP contribution in [0.5, 0.6) is 11.5 Å². The summed E-state index contributed by atoms with van der Waals surface area (Å²) in [6.45, 7) is 1.06. The van der Waals surface area contributed by atoms with E-state index in [4.69, 9.17) is 44.3 Å². The first kappa shape index (κ1) is 23.1. The van der Waals surface area contributed by atoms with E-state index in [1.165, 1.54) is 11.8 Å². The second kappa shape index (κ2) is 11.7. The highest BCUT2D eigenvalue weighted by molar-refractivity contribution is 7.99. The maximum Gasteiger partial charge on any atom is 0.138 e. The van der Waals surface area contributed by atoms with E-state index >= 15 is 0 Å². The third-order valence-electron chi connectivity index (χ3n) is 3.99. The van der Waals surface area contributed by atoms with Gasteiger partial charge in [0.2, 0.25) is 0 Å². The molecule has 0 radical (unpaired) electrons. The largest absolute Gasteiger partial charge is 0.492 e. The molecule has 0 aliphatic rings. The Morgan fingerprint density at radius 1 is 1.03 bits per heavy atom. The Bertz CT molecular complexity index is 941. The standard InChI is InChI=1S/C21H21Cl3N2O3S/c22-6-1-9-28-20-4-2-16(10-18(20)23)30-17-3-5-21(19(24)11-17)29-13-15(27)12-26-8-7-25-14-26/h2-5,7-8,10-11,14-15,27H,1,6,9,12-13H2. The van der Waals surface area contributed by atoms with Crippen molar-refractivity contribution in [1.29, 1.82) is 0 Å². The summed E-state index contributed by atoms with van der Waals surface area (Å²) >= 11 is 19.9. The van der Waals surface area contributed by atoms with E-state index in [-0.39, 0.29) is 6.61 Å². The Morgan fingerprint density at radius 2 is 1.70 bits per heavy atom. The quantitative estimate of drug-likeness (QED) is 0.274. The normalized spacial score (nSPS) is 12.0. The van der Waals surface area contributed by atoms with Gasteiger partial charge in [-0.15, -0.1) is 11.6 Å². The monoisotopic (exact) mass is 486 g/mol. The predicted molar refractivity (Wildman–Crippen MR) is 122 cm³/mol. The number of benzene rings is 2. The number of ether oxygens (including phenoxy) is 2. The van der Waals surface area contributed by atoms with Crippen molar-refractivity contribution in [2.75, 3.05) is 19.1 Å². The zero-order valence-electron chi connectivity index (χ0n) is 16.0. The van der Waals surface area contributed by atoms with Crippen molar-refractivity contribution in [2.45, 2.75) is 28.9 Å². The van der Waals surface area contributed by atoms with Gasteiger partial charge in [-0.3, -0.25) is 0 Å². The molecule has 2 aromatic carbocycles. The fourth-order valence-electron chi connectivity index (χ4n) is 2.57. The minimum Gasteiger partial charge on any atom is -0.492 e. The highest BCUT2D eigenvalue weighted by Gasteiger charge is 2.10. The van der Waals surface area contributed by atoms with E-state index in [0.717, 1.165) is 16.2 Å². The van der Waals surface area contributed by atoms with Crippen LogP contribution in [0.15, 0.2) is 64.9 Å². The van der Waals surface area contributed by atoms with Crippen LogP contribution in [0.3, 0.4) is 0 Å². The molecule has 0 saturated heterocycles. The van der Waals surface area contributed by atoms with Gasteiger partial charge >= 0.3 is 0 Å². The predicted octanol–water partition coefficient (Wildman–Crippen LogP) is 5.79. The number of alkyl halides is 1. The topological polar surface area (TPSA) is 56.5 Å². The maximum absolute atomic E-state index is 10.1. The Labute approximate surface area is 194 Å². The van der Waals surface area contributed by atoms with Gasteiger partial charge in [-0.2, -0.15) is 0 Å². The first-order valence-corrected chi connectivity index (χ1v) is 11.4. The third-order valence-corrected chi connectivity index (χ3v) is 5.83. The summed E-state index contributed by atoms with van der Waals surface area (Å²) in [7, 11) is 0. The number of aliphatic hydroxyl groups is 1. The summed E-state index contributed by atoms with van der Waals surface area (Å²) in [5, 5.41) is 11.1. The zero-order chi connectivity index (χ0) is 21.3. The first-order valence-electron chi connectivity index (χ1n) is 9.27. The highest BCUT2D eigenvalue weighted by Crippen LogP contribution is 2.36. The van der Waals surface area contributed by atoms with Crippen molar-refractivity contribution < 1.29 is 14.6 Å². The van der Waals surface area contributed by atoms with E-state index in [1.807, 2.05) is 30.3 Å². The molecule has 0 bridgehead atoms. The summed E-state index contributed by atoms with van der Waals surface area (Å²) < 4.78 is 13.1. The molecule has 0 fully saturated rings. The number of aromatic nitrogens is 2. The van der Waals surface area contributed by atoms with Crippen LogP contribution in [0, 0.1) is 0 Å². The van der Waals surface area contributed by atoms with Crippen molar-refractivity contribution >= 4 is 46.6 Å². The summed E-state index contributed by atoms with van der Waals surface area (Å²) in [5.41, 5.74) is 0.